The molecule has 3 heterocycles. The van der Waals surface area contributed by atoms with E-state index in [0.29, 0.717) is 27.6 Å². The van der Waals surface area contributed by atoms with Crippen LogP contribution in [0.4, 0.5) is 10.7 Å². The number of carbonyl (C=O) groups excluding carboxylic acids is 3. The van der Waals surface area contributed by atoms with Crippen LogP contribution in [0.15, 0.2) is 59.8 Å². The fraction of sp³-hybridized carbons (Fsp3) is 0.154. The topological polar surface area (TPSA) is 139 Å². The molecule has 38 heavy (non-hydrogen) atoms. The van der Waals surface area contributed by atoms with Gasteiger partial charge in [0.1, 0.15) is 15.4 Å². The molecular weight excluding hydrogens is 524 g/mol. The first-order valence-corrected chi connectivity index (χ1v) is 13.5. The van der Waals surface area contributed by atoms with Gasteiger partial charge in [0.15, 0.2) is 5.65 Å². The Balaban J connectivity index is 1.34. The number of aromatic amines is 1. The van der Waals surface area contributed by atoms with E-state index in [2.05, 4.69) is 30.8 Å². The second-order valence-corrected chi connectivity index (χ2v) is 10.1. The van der Waals surface area contributed by atoms with Crippen LogP contribution < -0.4 is 10.6 Å². The highest BCUT2D eigenvalue weighted by atomic mass is 32.2. The molecule has 10 nitrogen and oxygen atoms in total. The third kappa shape index (κ3) is 5.22. The highest BCUT2D eigenvalue weighted by molar-refractivity contribution is 7.99. The fourth-order valence-electron chi connectivity index (χ4n) is 3.84. The number of ether oxygens (including phenoxy) is 1. The number of anilines is 2. The maximum atomic E-state index is 13.2. The maximum Gasteiger partial charge on any atom is 0.348 e. The number of aromatic nitrogens is 4. The summed E-state index contributed by atoms with van der Waals surface area (Å²) < 4.78 is 5.14. The lowest BCUT2D eigenvalue weighted by Crippen LogP contribution is -2.18. The highest BCUT2D eigenvalue weighted by Gasteiger charge is 2.26. The van der Waals surface area contributed by atoms with Crippen LogP contribution in [0.25, 0.3) is 22.1 Å². The van der Waals surface area contributed by atoms with Gasteiger partial charge in [-0.3, -0.25) is 9.59 Å². The molecule has 3 N–H and O–H groups in total. The standard InChI is InChI=1S/C26H22N6O4S2/c1-3-36-25(35)21-14(2)19(23(34)27-15-9-5-4-6-10-15)24(38-21)29-18(33)13-37-26-30-22-20(31-32-26)16-11-7-8-12-17(16)28-22/h4-12H,3,13H2,1-2H3,(H,27,34)(H,29,33)(H,28,30,32). The van der Waals surface area contributed by atoms with Crippen LogP contribution in [0.2, 0.25) is 0 Å². The number of amides is 2. The van der Waals surface area contributed by atoms with E-state index < -0.39 is 11.9 Å². The van der Waals surface area contributed by atoms with E-state index >= 15 is 0 Å². The van der Waals surface area contributed by atoms with E-state index in [4.69, 9.17) is 4.74 Å². The molecule has 5 aromatic rings. The first-order chi connectivity index (χ1) is 18.4. The molecule has 12 heteroatoms. The van der Waals surface area contributed by atoms with Crippen molar-refractivity contribution in [2.45, 2.75) is 19.0 Å². The van der Waals surface area contributed by atoms with Gasteiger partial charge in [-0.2, -0.15) is 0 Å². The summed E-state index contributed by atoms with van der Waals surface area (Å²) in [7, 11) is 0. The Morgan fingerprint density at radius 1 is 1.03 bits per heavy atom. The average Bonchev–Trinajstić information content (AvgIpc) is 3.45. The number of esters is 1. The first kappa shape index (κ1) is 25.4. The summed E-state index contributed by atoms with van der Waals surface area (Å²) in [5, 5.41) is 15.5. The SMILES string of the molecule is CCOC(=O)c1sc(NC(=O)CSc2nnc3c(n2)[nH]c2ccccc23)c(C(=O)Nc2ccccc2)c1C. The lowest BCUT2D eigenvalue weighted by Gasteiger charge is -2.08. The van der Waals surface area contributed by atoms with Crippen molar-refractivity contribution >= 4 is 73.6 Å². The summed E-state index contributed by atoms with van der Waals surface area (Å²) in [6.45, 7) is 3.55. The number of nitrogens with one attached hydrogen (secondary N) is 3. The molecule has 0 saturated carbocycles. The Morgan fingerprint density at radius 2 is 1.79 bits per heavy atom. The van der Waals surface area contributed by atoms with Gasteiger partial charge in [0.25, 0.3) is 5.91 Å². The van der Waals surface area contributed by atoms with Crippen molar-refractivity contribution in [2.24, 2.45) is 0 Å². The molecule has 0 aliphatic rings. The van der Waals surface area contributed by atoms with Crippen LogP contribution in [0.1, 0.15) is 32.5 Å². The number of thioether (sulfide) groups is 1. The number of benzene rings is 2. The summed E-state index contributed by atoms with van der Waals surface area (Å²) in [6, 6.07) is 16.6. The molecule has 0 aliphatic carbocycles. The number of nitrogens with zero attached hydrogens (tertiary/aromatic N) is 3. The van der Waals surface area contributed by atoms with Crippen LogP contribution >= 0.6 is 23.1 Å². The van der Waals surface area contributed by atoms with Crippen LogP contribution in [0.5, 0.6) is 0 Å². The van der Waals surface area contributed by atoms with Crippen LogP contribution in [0, 0.1) is 6.92 Å². The summed E-state index contributed by atoms with van der Waals surface area (Å²) in [5.74, 6) is -1.41. The lowest BCUT2D eigenvalue weighted by atomic mass is 10.1. The van der Waals surface area contributed by atoms with Crippen LogP contribution in [-0.2, 0) is 9.53 Å². The molecule has 0 saturated heterocycles. The minimum Gasteiger partial charge on any atom is -0.462 e. The zero-order chi connectivity index (χ0) is 26.6. The predicted molar refractivity (Wildman–Crippen MR) is 148 cm³/mol. The Hall–Kier alpha value is -4.29. The smallest absolute Gasteiger partial charge is 0.348 e. The van der Waals surface area contributed by atoms with E-state index in [9.17, 15) is 14.4 Å². The number of fused-ring (bicyclic) bond motifs is 3. The molecule has 0 atom stereocenters. The number of hydrogen-bond acceptors (Lipinski definition) is 9. The van der Waals surface area contributed by atoms with Crippen LogP contribution in [0.3, 0.4) is 0 Å². The second-order valence-electron chi connectivity index (χ2n) is 8.10. The number of H-pyrrole nitrogens is 1. The monoisotopic (exact) mass is 546 g/mol. The number of rotatable bonds is 8. The second kappa shape index (κ2) is 11.0. The molecule has 5 rings (SSSR count). The van der Waals surface area contributed by atoms with Gasteiger partial charge in [0, 0.05) is 16.6 Å². The molecular formula is C26H22N6O4S2. The summed E-state index contributed by atoms with van der Waals surface area (Å²) in [5.41, 5.74) is 3.36. The summed E-state index contributed by atoms with van der Waals surface area (Å²) in [6.07, 6.45) is 0. The molecule has 0 aliphatic heterocycles. The number of para-hydroxylation sites is 2. The van der Waals surface area contributed by atoms with E-state index in [-0.39, 0.29) is 33.7 Å². The van der Waals surface area contributed by atoms with Gasteiger partial charge in [0.2, 0.25) is 11.1 Å². The molecule has 192 valence electrons. The lowest BCUT2D eigenvalue weighted by molar-refractivity contribution is -0.113. The minimum absolute atomic E-state index is 0.0289. The summed E-state index contributed by atoms with van der Waals surface area (Å²) >= 11 is 2.11. The van der Waals surface area contributed by atoms with E-state index in [1.807, 2.05) is 30.3 Å². The zero-order valence-electron chi connectivity index (χ0n) is 20.4. The quantitative estimate of drug-likeness (QED) is 0.182. The van der Waals surface area contributed by atoms with Crippen molar-refractivity contribution < 1.29 is 19.1 Å². The number of carbonyl (C=O) groups is 3. The fourth-order valence-corrected chi connectivity index (χ4v) is 5.54. The van der Waals surface area contributed by atoms with Gasteiger partial charge < -0.3 is 20.4 Å². The first-order valence-electron chi connectivity index (χ1n) is 11.6. The van der Waals surface area contributed by atoms with Gasteiger partial charge in [-0.1, -0.05) is 48.2 Å². The largest absolute Gasteiger partial charge is 0.462 e. The van der Waals surface area contributed by atoms with Crippen molar-refractivity contribution in [1.82, 2.24) is 20.2 Å². The van der Waals surface area contributed by atoms with Crippen LogP contribution in [-0.4, -0.2) is 50.3 Å². The third-order valence-electron chi connectivity index (χ3n) is 5.55. The van der Waals surface area contributed by atoms with Gasteiger partial charge in [-0.25, -0.2) is 9.78 Å². The molecule has 3 aromatic heterocycles. The number of thiophene rings is 1. The van der Waals surface area contributed by atoms with Crippen molar-refractivity contribution in [3.8, 4) is 0 Å². The number of hydrogen-bond donors (Lipinski definition) is 3. The van der Waals surface area contributed by atoms with Crippen molar-refractivity contribution in [3.05, 3.63) is 70.6 Å². The third-order valence-corrected chi connectivity index (χ3v) is 7.58. The summed E-state index contributed by atoms with van der Waals surface area (Å²) in [4.78, 5) is 46.5. The van der Waals surface area contributed by atoms with E-state index in [1.165, 1.54) is 0 Å². The van der Waals surface area contributed by atoms with Gasteiger partial charge >= 0.3 is 5.97 Å². The maximum absolute atomic E-state index is 13.2. The zero-order valence-corrected chi connectivity index (χ0v) is 22.0. The van der Waals surface area contributed by atoms with E-state index in [1.54, 1.807) is 38.1 Å². The van der Waals surface area contributed by atoms with Crippen molar-refractivity contribution in [2.75, 3.05) is 23.0 Å². The highest BCUT2D eigenvalue weighted by Crippen LogP contribution is 2.34. The molecule has 0 spiro atoms. The predicted octanol–water partition coefficient (Wildman–Crippen LogP) is 5.04. The molecule has 0 unspecified atom stereocenters. The van der Waals surface area contributed by atoms with Gasteiger partial charge in [-0.15, -0.1) is 21.5 Å². The molecule has 0 radical (unpaired) electrons. The van der Waals surface area contributed by atoms with Gasteiger partial charge in [0.05, 0.1) is 17.9 Å². The molecule has 2 amide bonds. The molecule has 0 bridgehead atoms. The Labute approximate surface area is 225 Å². The minimum atomic E-state index is -0.551. The van der Waals surface area contributed by atoms with Gasteiger partial charge in [-0.05, 0) is 37.6 Å². The molecule has 2 aromatic carbocycles. The van der Waals surface area contributed by atoms with Crippen molar-refractivity contribution in [1.29, 1.82) is 0 Å². The normalized spacial score (nSPS) is 11.0. The Bertz CT molecular complexity index is 1660. The van der Waals surface area contributed by atoms with E-state index in [0.717, 1.165) is 34.0 Å². The molecule has 0 fully saturated rings. The average molecular weight is 547 g/mol. The van der Waals surface area contributed by atoms with Crippen molar-refractivity contribution in [3.63, 3.8) is 0 Å². The Kier molecular flexibility index (Phi) is 7.33. The Morgan fingerprint density at radius 3 is 2.58 bits per heavy atom.